The lowest BCUT2D eigenvalue weighted by Gasteiger charge is -2.31. The third-order valence-corrected chi connectivity index (χ3v) is 5.18. The van der Waals surface area contributed by atoms with Gasteiger partial charge in [-0.1, -0.05) is 0 Å². The molecule has 6 nitrogen and oxygen atoms in total. The maximum absolute atomic E-state index is 11.9. The Bertz CT molecular complexity index is 554. The molecule has 1 aromatic heterocycles. The normalized spacial score (nSPS) is 20.9. The van der Waals surface area contributed by atoms with E-state index in [0.717, 1.165) is 24.2 Å². The molecule has 1 atom stereocenters. The molecule has 0 N–H and O–H groups in total. The minimum Gasteiger partial charge on any atom is -0.459 e. The molecule has 2 rings (SSSR count). The van der Waals surface area contributed by atoms with E-state index in [-0.39, 0.29) is 11.9 Å². The van der Waals surface area contributed by atoms with Gasteiger partial charge in [-0.2, -0.15) is 4.31 Å². The lowest BCUT2D eigenvalue weighted by atomic mass is 10.1. The molecule has 1 aromatic rings. The zero-order valence-corrected chi connectivity index (χ0v) is 13.0. The molecule has 1 fully saturated rings. The van der Waals surface area contributed by atoms with Gasteiger partial charge in [0.2, 0.25) is 10.0 Å². The summed E-state index contributed by atoms with van der Waals surface area (Å²) in [6.07, 6.45) is 1.45. The van der Waals surface area contributed by atoms with Gasteiger partial charge in [-0.05, 0) is 39.7 Å². The van der Waals surface area contributed by atoms with Crippen LogP contribution in [0.2, 0.25) is 0 Å². The average Bonchev–Trinajstić information content (AvgIpc) is 2.38. The van der Waals surface area contributed by atoms with E-state index in [2.05, 4.69) is 9.97 Å². The zero-order chi connectivity index (χ0) is 14.8. The number of aryl methyl sites for hydroxylation is 2. The molecule has 0 saturated carbocycles. The Balaban J connectivity index is 2.06. The summed E-state index contributed by atoms with van der Waals surface area (Å²) < 4.78 is 31.1. The molecule has 0 unspecified atom stereocenters. The van der Waals surface area contributed by atoms with E-state index in [1.807, 2.05) is 19.9 Å². The largest absolute Gasteiger partial charge is 0.459 e. The van der Waals surface area contributed by atoms with Gasteiger partial charge in [0, 0.05) is 17.9 Å². The Morgan fingerprint density at radius 1 is 1.35 bits per heavy atom. The van der Waals surface area contributed by atoms with E-state index < -0.39 is 10.0 Å². The predicted molar refractivity (Wildman–Crippen MR) is 76.2 cm³/mol. The summed E-state index contributed by atoms with van der Waals surface area (Å²) in [4.78, 5) is 8.47. The van der Waals surface area contributed by atoms with Gasteiger partial charge in [0.25, 0.3) is 0 Å². The summed E-state index contributed by atoms with van der Waals surface area (Å²) in [5.74, 6) is 0.125. The maximum atomic E-state index is 11.9. The SMILES string of the molecule is CCS(=O)(=O)N1CCC[C@@H](Oc2nc(C)cc(C)n2)C1. The topological polar surface area (TPSA) is 72.4 Å². The molecule has 0 spiro atoms. The Hall–Kier alpha value is -1.21. The smallest absolute Gasteiger partial charge is 0.317 e. The van der Waals surface area contributed by atoms with Gasteiger partial charge >= 0.3 is 6.01 Å². The molecule has 0 aromatic carbocycles. The summed E-state index contributed by atoms with van der Waals surface area (Å²) in [5.41, 5.74) is 1.70. The van der Waals surface area contributed by atoms with Crippen molar-refractivity contribution in [1.29, 1.82) is 0 Å². The van der Waals surface area contributed by atoms with Gasteiger partial charge in [0.1, 0.15) is 6.10 Å². The van der Waals surface area contributed by atoms with E-state index >= 15 is 0 Å². The summed E-state index contributed by atoms with van der Waals surface area (Å²) in [6, 6.07) is 2.21. The molecular weight excluding hydrogens is 278 g/mol. The van der Waals surface area contributed by atoms with Gasteiger partial charge in [-0.3, -0.25) is 0 Å². The van der Waals surface area contributed by atoms with Crippen LogP contribution in [0.15, 0.2) is 6.07 Å². The fourth-order valence-corrected chi connectivity index (χ4v) is 3.50. The number of hydrogen-bond donors (Lipinski definition) is 0. The first-order chi connectivity index (χ1) is 9.40. The Morgan fingerprint density at radius 2 is 2.00 bits per heavy atom. The minimum absolute atomic E-state index is 0.125. The summed E-state index contributed by atoms with van der Waals surface area (Å²) in [5, 5.41) is 0. The Morgan fingerprint density at radius 3 is 2.60 bits per heavy atom. The highest BCUT2D eigenvalue weighted by Crippen LogP contribution is 2.18. The van der Waals surface area contributed by atoms with Crippen molar-refractivity contribution in [1.82, 2.24) is 14.3 Å². The molecule has 0 amide bonds. The number of nitrogens with zero attached hydrogens (tertiary/aromatic N) is 3. The third kappa shape index (κ3) is 3.67. The number of piperidine rings is 1. The van der Waals surface area contributed by atoms with Gasteiger partial charge in [0.05, 0.1) is 12.3 Å². The fourth-order valence-electron chi connectivity index (χ4n) is 2.33. The van der Waals surface area contributed by atoms with Crippen molar-refractivity contribution in [2.24, 2.45) is 0 Å². The van der Waals surface area contributed by atoms with Crippen LogP contribution < -0.4 is 4.74 Å². The first-order valence-electron chi connectivity index (χ1n) is 6.87. The standard InChI is InChI=1S/C13H21N3O3S/c1-4-20(17,18)16-7-5-6-12(9-16)19-13-14-10(2)8-11(3)15-13/h8,12H,4-7,9H2,1-3H3/t12-/m1/s1. The number of hydrogen-bond acceptors (Lipinski definition) is 5. The van der Waals surface area contributed by atoms with Gasteiger partial charge in [0.15, 0.2) is 0 Å². The molecule has 1 aliphatic heterocycles. The molecule has 1 aliphatic rings. The van der Waals surface area contributed by atoms with Gasteiger partial charge in [-0.25, -0.2) is 18.4 Å². The lowest BCUT2D eigenvalue weighted by Crippen LogP contribution is -2.45. The first-order valence-corrected chi connectivity index (χ1v) is 8.48. The molecule has 0 bridgehead atoms. The van der Waals surface area contributed by atoms with Crippen molar-refractivity contribution >= 4 is 10.0 Å². The highest BCUT2D eigenvalue weighted by Gasteiger charge is 2.29. The van der Waals surface area contributed by atoms with Crippen molar-refractivity contribution in [3.8, 4) is 6.01 Å². The molecule has 20 heavy (non-hydrogen) atoms. The van der Waals surface area contributed by atoms with E-state index in [0.29, 0.717) is 19.1 Å². The number of rotatable bonds is 4. The number of sulfonamides is 1. The molecule has 0 radical (unpaired) electrons. The lowest BCUT2D eigenvalue weighted by molar-refractivity contribution is 0.119. The summed E-state index contributed by atoms with van der Waals surface area (Å²) >= 11 is 0. The molecule has 1 saturated heterocycles. The van der Waals surface area contributed by atoms with Crippen LogP contribution in [0.5, 0.6) is 6.01 Å². The van der Waals surface area contributed by atoms with Crippen molar-refractivity contribution in [2.45, 2.75) is 39.7 Å². The molecule has 0 aliphatic carbocycles. The molecule has 2 heterocycles. The number of ether oxygens (including phenoxy) is 1. The van der Waals surface area contributed by atoms with Crippen molar-refractivity contribution in [3.05, 3.63) is 17.5 Å². The maximum Gasteiger partial charge on any atom is 0.317 e. The van der Waals surface area contributed by atoms with Crippen LogP contribution in [0.3, 0.4) is 0 Å². The van der Waals surface area contributed by atoms with E-state index in [1.54, 1.807) is 6.92 Å². The third-order valence-electron chi connectivity index (χ3n) is 3.33. The van der Waals surface area contributed by atoms with E-state index in [4.69, 9.17) is 4.74 Å². The van der Waals surface area contributed by atoms with Gasteiger partial charge in [-0.15, -0.1) is 0 Å². The van der Waals surface area contributed by atoms with Crippen molar-refractivity contribution < 1.29 is 13.2 Å². The minimum atomic E-state index is -3.15. The van der Waals surface area contributed by atoms with E-state index in [1.165, 1.54) is 4.31 Å². The van der Waals surface area contributed by atoms with Crippen molar-refractivity contribution in [2.75, 3.05) is 18.8 Å². The molecule has 112 valence electrons. The van der Waals surface area contributed by atoms with Gasteiger partial charge < -0.3 is 4.74 Å². The first kappa shape index (κ1) is 15.2. The van der Waals surface area contributed by atoms with Crippen LogP contribution in [0.25, 0.3) is 0 Å². The predicted octanol–water partition coefficient (Wildman–Crippen LogP) is 1.29. The molecular formula is C13H21N3O3S. The van der Waals surface area contributed by atoms with Crippen LogP contribution in [-0.4, -0.2) is 47.6 Å². The highest BCUT2D eigenvalue weighted by molar-refractivity contribution is 7.89. The second-order valence-corrected chi connectivity index (χ2v) is 7.33. The zero-order valence-electron chi connectivity index (χ0n) is 12.2. The average molecular weight is 299 g/mol. The van der Waals surface area contributed by atoms with Crippen molar-refractivity contribution in [3.63, 3.8) is 0 Å². The highest BCUT2D eigenvalue weighted by atomic mass is 32.2. The quantitative estimate of drug-likeness (QED) is 0.837. The van der Waals surface area contributed by atoms with Crippen LogP contribution in [-0.2, 0) is 10.0 Å². The number of aromatic nitrogens is 2. The van der Waals surface area contributed by atoms with E-state index in [9.17, 15) is 8.42 Å². The van der Waals surface area contributed by atoms with Crippen LogP contribution in [0.4, 0.5) is 0 Å². The fraction of sp³-hybridized carbons (Fsp3) is 0.692. The summed E-state index contributed by atoms with van der Waals surface area (Å²) in [6.45, 7) is 6.38. The summed E-state index contributed by atoms with van der Waals surface area (Å²) in [7, 11) is -3.15. The monoisotopic (exact) mass is 299 g/mol. The Labute approximate surface area is 120 Å². The van der Waals surface area contributed by atoms with Crippen LogP contribution >= 0.6 is 0 Å². The molecule has 7 heteroatoms. The van der Waals surface area contributed by atoms with Crippen LogP contribution in [0.1, 0.15) is 31.2 Å². The Kier molecular flexibility index (Phi) is 4.59. The second kappa shape index (κ2) is 6.05. The second-order valence-electron chi connectivity index (χ2n) is 5.07. The van der Waals surface area contributed by atoms with Crippen LogP contribution in [0, 0.1) is 13.8 Å².